The Balaban J connectivity index is 1.51. The molecule has 21 heavy (non-hydrogen) atoms. The van der Waals surface area contributed by atoms with Crippen LogP contribution in [0.25, 0.3) is 0 Å². The summed E-state index contributed by atoms with van der Waals surface area (Å²) in [6.07, 6.45) is 9.19. The highest BCUT2D eigenvalue weighted by molar-refractivity contribution is 7.89. The van der Waals surface area contributed by atoms with Crippen LogP contribution < -0.4 is 4.72 Å². The molecule has 4 aliphatic rings. The quantitative estimate of drug-likeness (QED) is 0.895. The van der Waals surface area contributed by atoms with Gasteiger partial charge in [-0.25, -0.2) is 13.1 Å². The number of sulfonamides is 1. The van der Waals surface area contributed by atoms with Crippen LogP contribution in [-0.2, 0) is 10.0 Å². The average molecular weight is 309 g/mol. The number of aryl methyl sites for hydroxylation is 1. The van der Waals surface area contributed by atoms with Crippen molar-refractivity contribution >= 4 is 10.0 Å². The Morgan fingerprint density at radius 2 is 1.81 bits per heavy atom. The minimum absolute atomic E-state index is 0.222. The van der Waals surface area contributed by atoms with Gasteiger partial charge in [0.15, 0.2) is 0 Å². The molecule has 0 saturated heterocycles. The molecule has 4 aliphatic carbocycles. The van der Waals surface area contributed by atoms with Crippen molar-refractivity contribution in [1.29, 1.82) is 0 Å². The number of hydrogen-bond acceptors (Lipinski definition) is 3. The Labute approximate surface area is 126 Å². The highest BCUT2D eigenvalue weighted by Gasteiger charge is 2.50. The van der Waals surface area contributed by atoms with Crippen molar-refractivity contribution < 1.29 is 8.42 Å². The molecule has 6 heteroatoms. The first-order chi connectivity index (χ1) is 9.96. The summed E-state index contributed by atoms with van der Waals surface area (Å²) < 4.78 is 27.7. The van der Waals surface area contributed by atoms with E-state index < -0.39 is 10.0 Å². The van der Waals surface area contributed by atoms with Gasteiger partial charge in [0.25, 0.3) is 0 Å². The van der Waals surface area contributed by atoms with E-state index in [-0.39, 0.29) is 10.3 Å². The SMILES string of the molecule is Cc1[nH]ncc1S(=O)(=O)NCC12CC3CC(CC(C3)C1)C2. The van der Waals surface area contributed by atoms with Gasteiger partial charge in [0.1, 0.15) is 4.90 Å². The largest absolute Gasteiger partial charge is 0.281 e. The molecule has 0 unspecified atom stereocenters. The molecule has 1 aromatic rings. The van der Waals surface area contributed by atoms with E-state index in [1.165, 1.54) is 44.7 Å². The molecule has 0 aliphatic heterocycles. The highest BCUT2D eigenvalue weighted by atomic mass is 32.2. The molecule has 2 N–H and O–H groups in total. The minimum Gasteiger partial charge on any atom is -0.281 e. The number of aromatic amines is 1. The molecule has 4 saturated carbocycles. The maximum Gasteiger partial charge on any atom is 0.243 e. The van der Waals surface area contributed by atoms with Crippen molar-refractivity contribution in [2.75, 3.05) is 6.54 Å². The van der Waals surface area contributed by atoms with Crippen molar-refractivity contribution in [3.05, 3.63) is 11.9 Å². The van der Waals surface area contributed by atoms with Crippen LogP contribution in [0.5, 0.6) is 0 Å². The number of hydrogen-bond donors (Lipinski definition) is 2. The van der Waals surface area contributed by atoms with E-state index in [9.17, 15) is 8.42 Å². The highest BCUT2D eigenvalue weighted by Crippen LogP contribution is 2.59. The first-order valence-electron chi connectivity index (χ1n) is 7.95. The zero-order valence-electron chi connectivity index (χ0n) is 12.4. The van der Waals surface area contributed by atoms with Gasteiger partial charge < -0.3 is 0 Å². The van der Waals surface area contributed by atoms with Gasteiger partial charge in [0.2, 0.25) is 10.0 Å². The van der Waals surface area contributed by atoms with Crippen LogP contribution in [0.15, 0.2) is 11.1 Å². The van der Waals surface area contributed by atoms with E-state index in [2.05, 4.69) is 14.9 Å². The molecular formula is C15H23N3O2S. The van der Waals surface area contributed by atoms with Crippen LogP contribution in [0.2, 0.25) is 0 Å². The summed E-state index contributed by atoms with van der Waals surface area (Å²) in [5.41, 5.74) is 0.826. The van der Waals surface area contributed by atoms with Crippen molar-refractivity contribution in [2.24, 2.45) is 23.2 Å². The zero-order chi connectivity index (χ0) is 14.7. The smallest absolute Gasteiger partial charge is 0.243 e. The lowest BCUT2D eigenvalue weighted by Gasteiger charge is -2.56. The van der Waals surface area contributed by atoms with E-state index in [1.807, 2.05) is 0 Å². The summed E-state index contributed by atoms with van der Waals surface area (Å²) in [5, 5.41) is 6.52. The lowest BCUT2D eigenvalue weighted by Crippen LogP contribution is -2.51. The van der Waals surface area contributed by atoms with Crippen molar-refractivity contribution in [3.63, 3.8) is 0 Å². The van der Waals surface area contributed by atoms with Crippen molar-refractivity contribution in [1.82, 2.24) is 14.9 Å². The van der Waals surface area contributed by atoms with E-state index in [1.54, 1.807) is 6.92 Å². The van der Waals surface area contributed by atoms with E-state index >= 15 is 0 Å². The molecule has 5 nitrogen and oxygen atoms in total. The molecule has 1 aromatic heterocycles. The molecule has 0 spiro atoms. The van der Waals surface area contributed by atoms with Gasteiger partial charge in [-0.15, -0.1) is 0 Å². The van der Waals surface area contributed by atoms with Crippen LogP contribution in [0.4, 0.5) is 0 Å². The van der Waals surface area contributed by atoms with Crippen LogP contribution in [0, 0.1) is 30.1 Å². The fourth-order valence-corrected chi connectivity index (χ4v) is 6.73. The van der Waals surface area contributed by atoms with Gasteiger partial charge in [-0.2, -0.15) is 5.10 Å². The maximum absolute atomic E-state index is 12.4. The molecule has 116 valence electrons. The van der Waals surface area contributed by atoms with E-state index in [0.717, 1.165) is 17.8 Å². The second kappa shape index (κ2) is 4.56. The zero-order valence-corrected chi connectivity index (χ0v) is 13.2. The van der Waals surface area contributed by atoms with Gasteiger partial charge in [0.05, 0.1) is 11.9 Å². The number of H-pyrrole nitrogens is 1. The fraction of sp³-hybridized carbons (Fsp3) is 0.800. The predicted molar refractivity (Wildman–Crippen MR) is 79.1 cm³/mol. The molecule has 0 atom stereocenters. The lowest BCUT2D eigenvalue weighted by molar-refractivity contribution is -0.0487. The number of nitrogens with zero attached hydrogens (tertiary/aromatic N) is 1. The second-order valence-corrected chi connectivity index (χ2v) is 9.34. The third kappa shape index (κ3) is 2.32. The summed E-state index contributed by atoms with van der Waals surface area (Å²) in [5.74, 6) is 2.53. The van der Waals surface area contributed by atoms with Gasteiger partial charge in [-0.05, 0) is 68.6 Å². The summed E-state index contributed by atoms with van der Waals surface area (Å²) in [6.45, 7) is 2.34. The molecular weight excluding hydrogens is 286 g/mol. The monoisotopic (exact) mass is 309 g/mol. The van der Waals surface area contributed by atoms with Crippen LogP contribution in [0.3, 0.4) is 0 Å². The Morgan fingerprint density at radius 1 is 1.24 bits per heavy atom. The molecule has 1 heterocycles. The first kappa shape index (κ1) is 13.8. The van der Waals surface area contributed by atoms with Gasteiger partial charge in [0, 0.05) is 6.54 Å². The van der Waals surface area contributed by atoms with E-state index in [4.69, 9.17) is 0 Å². The third-order valence-electron chi connectivity index (χ3n) is 5.88. The fourth-order valence-electron chi connectivity index (χ4n) is 5.44. The standard InChI is InChI=1S/C15H23N3O2S/c1-10-14(8-16-18-10)21(19,20)17-9-15-5-11-2-12(6-15)4-13(3-11)7-15/h8,11-13,17H,2-7,9H2,1H3,(H,16,18). The third-order valence-corrected chi connectivity index (χ3v) is 7.39. The lowest BCUT2D eigenvalue weighted by atomic mass is 9.50. The van der Waals surface area contributed by atoms with Crippen molar-refractivity contribution in [2.45, 2.75) is 50.3 Å². The van der Waals surface area contributed by atoms with Crippen LogP contribution in [0.1, 0.15) is 44.2 Å². The number of nitrogens with one attached hydrogen (secondary N) is 2. The summed E-state index contributed by atoms with van der Waals surface area (Å²) in [4.78, 5) is 0.284. The van der Waals surface area contributed by atoms with Gasteiger partial charge in [-0.3, -0.25) is 5.10 Å². The number of rotatable bonds is 4. The summed E-state index contributed by atoms with van der Waals surface area (Å²) in [7, 11) is -3.43. The molecule has 4 fully saturated rings. The molecule has 0 aromatic carbocycles. The second-order valence-electron chi connectivity index (χ2n) is 7.60. The predicted octanol–water partition coefficient (Wildman–Crippen LogP) is 2.21. The first-order valence-corrected chi connectivity index (χ1v) is 9.44. The Bertz CT molecular complexity index is 614. The molecule has 5 rings (SSSR count). The van der Waals surface area contributed by atoms with E-state index in [0.29, 0.717) is 12.2 Å². The number of aromatic nitrogens is 2. The van der Waals surface area contributed by atoms with Crippen molar-refractivity contribution in [3.8, 4) is 0 Å². The molecule has 0 radical (unpaired) electrons. The Hall–Kier alpha value is -0.880. The minimum atomic E-state index is -3.43. The van der Waals surface area contributed by atoms with Crippen LogP contribution >= 0.6 is 0 Å². The van der Waals surface area contributed by atoms with Gasteiger partial charge in [-0.1, -0.05) is 0 Å². The maximum atomic E-state index is 12.4. The normalized spacial score (nSPS) is 38.0. The molecule has 0 amide bonds. The Morgan fingerprint density at radius 3 is 2.29 bits per heavy atom. The summed E-state index contributed by atoms with van der Waals surface area (Å²) >= 11 is 0. The van der Waals surface area contributed by atoms with Gasteiger partial charge >= 0.3 is 0 Å². The molecule has 4 bridgehead atoms. The topological polar surface area (TPSA) is 74.8 Å². The van der Waals surface area contributed by atoms with Crippen LogP contribution in [-0.4, -0.2) is 25.2 Å². The summed E-state index contributed by atoms with van der Waals surface area (Å²) in [6, 6.07) is 0. The Kier molecular flexibility index (Phi) is 2.99. The average Bonchev–Trinajstić information content (AvgIpc) is 2.82.